The first-order chi connectivity index (χ1) is 18.6. The van der Waals surface area contributed by atoms with Crippen molar-refractivity contribution in [1.29, 1.82) is 0 Å². The molecule has 0 spiro atoms. The summed E-state index contributed by atoms with van der Waals surface area (Å²) in [6, 6.07) is -3.69. The molecule has 19 nitrogen and oxygen atoms in total. The van der Waals surface area contributed by atoms with Gasteiger partial charge in [-0.15, -0.1) is 0 Å². The number of esters is 2. The lowest BCUT2D eigenvalue weighted by Gasteiger charge is -2.13. The Bertz CT molecular complexity index is 791. The summed E-state index contributed by atoms with van der Waals surface area (Å²) >= 11 is 0. The third kappa shape index (κ3) is 27.4. The Labute approximate surface area is 232 Å². The molecule has 0 aromatic rings. The summed E-state index contributed by atoms with van der Waals surface area (Å²) in [6.45, 7) is 0.801. The van der Waals surface area contributed by atoms with Gasteiger partial charge in [0.2, 0.25) is 0 Å². The summed E-state index contributed by atoms with van der Waals surface area (Å²) in [5.74, 6) is -3.75. The largest absolute Gasteiger partial charge is 0.480 e. The number of unbranched alkanes of at least 4 members (excludes halogenated alkanes) is 1. The van der Waals surface area contributed by atoms with Crippen molar-refractivity contribution in [2.75, 3.05) is 26.2 Å². The first-order valence-corrected chi connectivity index (χ1v) is 12.3. The van der Waals surface area contributed by atoms with E-state index in [4.69, 9.17) is 66.9 Å². The Morgan fingerprint density at radius 2 is 1.00 bits per heavy atom. The standard InChI is InChI=1S/C12H26N6O3.C6H14N4O2.C3H7NO3/c13-6-2-1-4-8(14)10(19)21-11(20)9(15)5-3-7-18-12(16)17;7-4(5(11)12)2-1-3-10-6(8)9;4-2(1-5)3(6)7/h8-9H,1-7,13-15H2,(H4,16,17,18);4H,1-3,7H2,(H,11,12)(H4,8,9,10);2,5H,1,4H2,(H,6,7)/t8-,9-;4-;2-/m000/s1. The quantitative estimate of drug-likeness (QED) is 0.0251. The van der Waals surface area contributed by atoms with Gasteiger partial charge in [-0.25, -0.2) is 9.59 Å². The van der Waals surface area contributed by atoms with Crippen molar-refractivity contribution in [3.05, 3.63) is 0 Å². The highest BCUT2D eigenvalue weighted by atomic mass is 16.6. The molecular formula is C21H47N11O8. The van der Waals surface area contributed by atoms with E-state index in [0.29, 0.717) is 58.2 Å². The minimum absolute atomic E-state index is 0.0129. The molecule has 40 heavy (non-hydrogen) atoms. The molecule has 0 aliphatic carbocycles. The monoisotopic (exact) mass is 581 g/mol. The van der Waals surface area contributed by atoms with Crippen molar-refractivity contribution in [1.82, 2.24) is 0 Å². The number of carboxylic acid groups (broad SMARTS) is 2. The molecule has 0 saturated heterocycles. The Kier molecular flexibility index (Phi) is 26.2. The smallest absolute Gasteiger partial charge is 0.330 e. The number of aliphatic carboxylic acids is 2. The van der Waals surface area contributed by atoms with E-state index < -0.39 is 54.7 Å². The number of rotatable bonds is 17. The number of hydrogen-bond donors (Lipinski definition) is 12. The highest BCUT2D eigenvalue weighted by molar-refractivity contribution is 5.90. The summed E-state index contributed by atoms with van der Waals surface area (Å²) in [7, 11) is 0. The van der Waals surface area contributed by atoms with Crippen LogP contribution in [0.5, 0.6) is 0 Å². The number of aliphatic hydroxyl groups is 1. The van der Waals surface area contributed by atoms with Crippen LogP contribution >= 0.6 is 0 Å². The summed E-state index contributed by atoms with van der Waals surface area (Å²) < 4.78 is 4.64. The second kappa shape index (κ2) is 25.6. The van der Waals surface area contributed by atoms with Crippen LogP contribution < -0.4 is 51.6 Å². The summed E-state index contributed by atoms with van der Waals surface area (Å²) in [6.07, 6.45) is 3.65. The second-order valence-corrected chi connectivity index (χ2v) is 8.21. The Morgan fingerprint density at radius 1 is 0.625 bits per heavy atom. The third-order valence-electron chi connectivity index (χ3n) is 4.54. The molecule has 0 rings (SSSR count). The zero-order valence-corrected chi connectivity index (χ0v) is 22.6. The van der Waals surface area contributed by atoms with Gasteiger partial charge in [-0.2, -0.15) is 0 Å². The minimum atomic E-state index is -1.18. The first-order valence-electron chi connectivity index (χ1n) is 12.3. The van der Waals surface area contributed by atoms with Crippen LogP contribution in [0, 0.1) is 0 Å². The van der Waals surface area contributed by atoms with Gasteiger partial charge in [0.15, 0.2) is 11.9 Å². The number of aliphatic hydroxyl groups excluding tert-OH is 1. The van der Waals surface area contributed by atoms with Crippen LogP contribution in [-0.2, 0) is 23.9 Å². The maximum atomic E-state index is 11.6. The molecular weight excluding hydrogens is 534 g/mol. The van der Waals surface area contributed by atoms with Gasteiger partial charge in [0, 0.05) is 13.1 Å². The predicted octanol–water partition coefficient (Wildman–Crippen LogP) is -5.26. The van der Waals surface area contributed by atoms with Crippen LogP contribution in [0.3, 0.4) is 0 Å². The molecule has 0 radical (unpaired) electrons. The summed E-state index contributed by atoms with van der Waals surface area (Å²) in [5.41, 5.74) is 47.0. The molecule has 0 unspecified atom stereocenters. The van der Waals surface area contributed by atoms with Gasteiger partial charge in [0.1, 0.15) is 24.2 Å². The molecule has 0 heterocycles. The van der Waals surface area contributed by atoms with Crippen molar-refractivity contribution in [2.24, 2.45) is 61.6 Å². The number of aliphatic imine (C=N–C) groups is 2. The Morgan fingerprint density at radius 3 is 1.30 bits per heavy atom. The van der Waals surface area contributed by atoms with E-state index in [9.17, 15) is 19.2 Å². The van der Waals surface area contributed by atoms with Crippen LogP contribution in [0.2, 0.25) is 0 Å². The van der Waals surface area contributed by atoms with Crippen LogP contribution in [0.15, 0.2) is 9.98 Å². The van der Waals surface area contributed by atoms with Crippen molar-refractivity contribution in [3.63, 3.8) is 0 Å². The van der Waals surface area contributed by atoms with Crippen molar-refractivity contribution in [2.45, 2.75) is 69.1 Å². The number of carbonyl (C=O) groups excluding carboxylic acids is 2. The molecule has 234 valence electrons. The number of hydrogen-bond acceptors (Lipinski definition) is 13. The first kappa shape index (κ1) is 40.9. The third-order valence-corrected chi connectivity index (χ3v) is 4.54. The Balaban J connectivity index is -0.000000602. The number of carboxylic acids is 2. The number of ether oxygens (including phenoxy) is 1. The normalized spacial score (nSPS) is 12.9. The van der Waals surface area contributed by atoms with E-state index in [0.717, 1.165) is 6.42 Å². The molecule has 0 fully saturated rings. The van der Waals surface area contributed by atoms with Crippen molar-refractivity contribution in [3.8, 4) is 0 Å². The number of carbonyl (C=O) groups is 4. The Hall–Kier alpha value is -3.62. The fraction of sp³-hybridized carbons (Fsp3) is 0.714. The molecule has 0 saturated carbocycles. The summed E-state index contributed by atoms with van der Waals surface area (Å²) in [5, 5.41) is 24.3. The number of guanidine groups is 2. The van der Waals surface area contributed by atoms with E-state index in [1.165, 1.54) is 0 Å². The molecule has 0 bridgehead atoms. The fourth-order valence-corrected chi connectivity index (χ4v) is 2.24. The molecule has 0 amide bonds. The SMILES string of the molecule is NC(N)=NCCC[C@H](N)C(=O)O.NCCCC[C@H](N)C(=O)OC(=O)[C@@H](N)CCCN=C(N)N.N[C@@H](CO)C(=O)O. The summed E-state index contributed by atoms with van der Waals surface area (Å²) in [4.78, 5) is 50.4. The average molecular weight is 582 g/mol. The van der Waals surface area contributed by atoms with Crippen molar-refractivity contribution < 1.29 is 39.2 Å². The van der Waals surface area contributed by atoms with E-state index in [1.54, 1.807) is 0 Å². The maximum Gasteiger partial charge on any atom is 0.330 e. The molecule has 0 aliphatic heterocycles. The van der Waals surface area contributed by atoms with Crippen molar-refractivity contribution >= 4 is 35.8 Å². The van der Waals surface area contributed by atoms with Gasteiger partial charge in [-0.05, 0) is 45.1 Å². The van der Waals surface area contributed by atoms with Gasteiger partial charge in [0.25, 0.3) is 0 Å². The molecule has 0 aromatic heterocycles. The van der Waals surface area contributed by atoms with Gasteiger partial charge in [0.05, 0.1) is 6.61 Å². The highest BCUT2D eigenvalue weighted by Gasteiger charge is 2.22. The zero-order valence-electron chi connectivity index (χ0n) is 22.6. The minimum Gasteiger partial charge on any atom is -0.480 e. The average Bonchev–Trinajstić information content (AvgIpc) is 2.88. The van der Waals surface area contributed by atoms with E-state index in [2.05, 4.69) is 14.7 Å². The molecule has 19 heteroatoms. The van der Waals surface area contributed by atoms with E-state index in [-0.39, 0.29) is 11.9 Å². The van der Waals surface area contributed by atoms with Gasteiger partial charge >= 0.3 is 23.9 Å². The number of nitrogens with two attached hydrogens (primary N) is 9. The van der Waals surface area contributed by atoms with Crippen LogP contribution in [0.1, 0.15) is 44.9 Å². The zero-order chi connectivity index (χ0) is 31.7. The van der Waals surface area contributed by atoms with Gasteiger partial charge < -0.3 is 71.7 Å². The van der Waals surface area contributed by atoms with Crippen LogP contribution in [-0.4, -0.2) is 102 Å². The lowest BCUT2D eigenvalue weighted by Crippen LogP contribution is -2.39. The van der Waals surface area contributed by atoms with E-state index >= 15 is 0 Å². The maximum absolute atomic E-state index is 11.6. The fourth-order valence-electron chi connectivity index (χ4n) is 2.24. The number of nitrogens with zero attached hydrogens (tertiary/aromatic N) is 2. The topological polar surface area (TPSA) is 397 Å². The molecule has 0 aromatic carbocycles. The second-order valence-electron chi connectivity index (χ2n) is 8.21. The molecule has 0 aliphatic rings. The van der Waals surface area contributed by atoms with E-state index in [1.807, 2.05) is 0 Å². The predicted molar refractivity (Wildman–Crippen MR) is 148 cm³/mol. The van der Waals surface area contributed by atoms with Gasteiger partial charge in [-0.3, -0.25) is 19.6 Å². The van der Waals surface area contributed by atoms with Crippen LogP contribution in [0.25, 0.3) is 0 Å². The lowest BCUT2D eigenvalue weighted by molar-refractivity contribution is -0.161. The highest BCUT2D eigenvalue weighted by Crippen LogP contribution is 2.03. The lowest BCUT2D eigenvalue weighted by atomic mass is 10.1. The molecule has 4 atom stereocenters. The van der Waals surface area contributed by atoms with Gasteiger partial charge in [-0.1, -0.05) is 6.42 Å². The molecule has 21 N–H and O–H groups in total. The van der Waals surface area contributed by atoms with Crippen LogP contribution in [0.4, 0.5) is 0 Å².